The average Bonchev–Trinajstić information content (AvgIpc) is 3.01. The van der Waals surface area contributed by atoms with Gasteiger partial charge >= 0.3 is 11.9 Å². The first-order chi connectivity index (χ1) is 21.1. The van der Waals surface area contributed by atoms with Gasteiger partial charge in [-0.05, 0) is 32.6 Å². The highest BCUT2D eigenvalue weighted by molar-refractivity contribution is 5.83. The van der Waals surface area contributed by atoms with Gasteiger partial charge in [-0.3, -0.25) is 19.2 Å². The third-order valence-corrected chi connectivity index (χ3v) is 7.16. The highest BCUT2D eigenvalue weighted by Gasteiger charge is 2.27. The number of hydrogen-bond donors (Lipinski definition) is 3. The number of carboxylic acid groups (broad SMARTS) is 2. The number of nitrogens with one attached hydrogen (secondary N) is 1. The van der Waals surface area contributed by atoms with Crippen LogP contribution in [0.4, 0.5) is 0 Å². The number of piperidine rings is 1. The highest BCUT2D eigenvalue weighted by atomic mass is 16.4. The van der Waals surface area contributed by atoms with Gasteiger partial charge in [-0.25, -0.2) is 0 Å². The number of carboxylic acids is 2. The molecule has 0 aromatic carbocycles. The van der Waals surface area contributed by atoms with Crippen molar-refractivity contribution in [3.63, 3.8) is 0 Å². The van der Waals surface area contributed by atoms with E-state index in [9.17, 15) is 24.0 Å². The Morgan fingerprint density at radius 1 is 0.636 bits per heavy atom. The molecule has 44 heavy (non-hydrogen) atoms. The predicted molar refractivity (Wildman–Crippen MR) is 180 cm³/mol. The minimum Gasteiger partial charge on any atom is -0.481 e. The summed E-state index contributed by atoms with van der Waals surface area (Å²) in [6, 6.07) is 0. The lowest BCUT2D eigenvalue weighted by atomic mass is 9.95. The summed E-state index contributed by atoms with van der Waals surface area (Å²) >= 11 is 0. The minimum atomic E-state index is -1.05. The maximum Gasteiger partial charge on any atom is 0.322 e. The van der Waals surface area contributed by atoms with Crippen LogP contribution in [0.1, 0.15) is 170 Å². The molecule has 0 spiro atoms. The summed E-state index contributed by atoms with van der Waals surface area (Å²) in [7, 11) is 0. The van der Waals surface area contributed by atoms with E-state index in [4.69, 9.17) is 10.2 Å². The molecular formula is C35H68N2O7. The monoisotopic (exact) mass is 629 g/mol. The van der Waals surface area contributed by atoms with Crippen molar-refractivity contribution < 1.29 is 34.2 Å². The third kappa shape index (κ3) is 34.0. The van der Waals surface area contributed by atoms with Gasteiger partial charge in [0.15, 0.2) is 0 Å². The Morgan fingerprint density at radius 3 is 1.30 bits per heavy atom. The Labute approximate surface area is 269 Å². The minimum absolute atomic E-state index is 0.172. The number of carbonyl (C=O) groups excluding carboxylic acids is 3. The summed E-state index contributed by atoms with van der Waals surface area (Å²) < 4.78 is 0. The Morgan fingerprint density at radius 2 is 0.977 bits per heavy atom. The Balaban J connectivity index is -0.00000147. The number of nitrogens with zero attached hydrogens (tertiary/aromatic N) is 1. The van der Waals surface area contributed by atoms with Crippen LogP contribution in [0.25, 0.3) is 0 Å². The number of Topliss-reactive ketones (excluding diaryl/α,β-unsaturated/α-hetero) is 1. The Kier molecular flexibility index (Phi) is 36.6. The van der Waals surface area contributed by atoms with E-state index in [1.165, 1.54) is 64.2 Å². The lowest BCUT2D eigenvalue weighted by molar-refractivity contribution is -0.139. The lowest BCUT2D eigenvalue weighted by Gasteiger charge is -2.31. The van der Waals surface area contributed by atoms with Gasteiger partial charge in [0.25, 0.3) is 0 Å². The first-order valence-electron chi connectivity index (χ1n) is 17.6. The molecule has 1 heterocycles. The second-order valence-corrected chi connectivity index (χ2v) is 11.4. The van der Waals surface area contributed by atoms with E-state index in [2.05, 4.69) is 19.2 Å². The molecule has 0 unspecified atom stereocenters. The van der Waals surface area contributed by atoms with E-state index in [0.29, 0.717) is 45.2 Å². The first kappa shape index (κ1) is 46.0. The van der Waals surface area contributed by atoms with Crippen molar-refractivity contribution in [1.29, 1.82) is 0 Å². The molecule has 1 aliphatic rings. The van der Waals surface area contributed by atoms with Crippen molar-refractivity contribution in [2.75, 3.05) is 19.6 Å². The molecule has 1 rings (SSSR count). The zero-order chi connectivity index (χ0) is 34.0. The molecule has 2 amide bonds. The van der Waals surface area contributed by atoms with Crippen LogP contribution in [0.2, 0.25) is 0 Å². The number of carbonyl (C=O) groups is 5. The standard InChI is InChI=1S/C26H46N2O6.C4H8O.C3H8.C2H6/c29-23(28-19-17-22(18-20-28)26(34)27-21-25(32)33)15-13-11-9-7-5-3-1-2-4-6-8-10-12-14-16-24(30)31;1-3-4(2)5;1-3-2;1-2/h22H,1-21H2,(H,27,34)(H,30,31)(H,32,33);3H2,1-2H3;3H2,1-2H3;1-2H3. The number of unbranched alkanes of at least 4 members (excludes halogenated alkanes) is 13. The summed E-state index contributed by atoms with van der Waals surface area (Å²) in [5, 5.41) is 19.7. The molecule has 1 aliphatic heterocycles. The van der Waals surface area contributed by atoms with Gasteiger partial charge < -0.3 is 25.2 Å². The molecule has 0 aliphatic carbocycles. The summed E-state index contributed by atoms with van der Waals surface area (Å²) in [5.74, 6) is -1.73. The number of hydrogen-bond acceptors (Lipinski definition) is 5. The zero-order valence-electron chi connectivity index (χ0n) is 29.2. The number of likely N-dealkylation sites (tertiary alicyclic amines) is 1. The van der Waals surface area contributed by atoms with Gasteiger partial charge in [0.05, 0.1) is 0 Å². The van der Waals surface area contributed by atoms with Crippen LogP contribution in [0, 0.1) is 5.92 Å². The maximum atomic E-state index is 12.4. The number of aliphatic carboxylic acids is 2. The largest absolute Gasteiger partial charge is 0.481 e. The van der Waals surface area contributed by atoms with Gasteiger partial charge in [-0.2, -0.15) is 0 Å². The Bertz CT molecular complexity index is 720. The van der Waals surface area contributed by atoms with E-state index >= 15 is 0 Å². The maximum absolute atomic E-state index is 12.4. The van der Waals surface area contributed by atoms with Crippen LogP contribution in [-0.4, -0.2) is 64.3 Å². The van der Waals surface area contributed by atoms with Crippen LogP contribution in [0.3, 0.4) is 0 Å². The normalized spacial score (nSPS) is 12.4. The first-order valence-corrected chi connectivity index (χ1v) is 17.6. The zero-order valence-corrected chi connectivity index (χ0v) is 29.2. The van der Waals surface area contributed by atoms with Crippen molar-refractivity contribution in [3.8, 4) is 0 Å². The van der Waals surface area contributed by atoms with E-state index in [-0.39, 0.29) is 30.1 Å². The molecule has 0 radical (unpaired) electrons. The smallest absolute Gasteiger partial charge is 0.322 e. The molecule has 9 heteroatoms. The molecule has 9 nitrogen and oxygen atoms in total. The van der Waals surface area contributed by atoms with Crippen LogP contribution >= 0.6 is 0 Å². The third-order valence-electron chi connectivity index (χ3n) is 7.16. The molecule has 3 N–H and O–H groups in total. The van der Waals surface area contributed by atoms with E-state index < -0.39 is 11.9 Å². The quantitative estimate of drug-likeness (QED) is 0.109. The molecule has 260 valence electrons. The van der Waals surface area contributed by atoms with Crippen molar-refractivity contribution in [2.45, 2.75) is 170 Å². The van der Waals surface area contributed by atoms with Crippen molar-refractivity contribution >= 4 is 29.5 Å². The lowest BCUT2D eigenvalue weighted by Crippen LogP contribution is -2.43. The van der Waals surface area contributed by atoms with Crippen molar-refractivity contribution in [1.82, 2.24) is 10.2 Å². The van der Waals surface area contributed by atoms with Gasteiger partial charge in [0, 0.05) is 38.3 Å². The van der Waals surface area contributed by atoms with E-state index in [1.807, 2.05) is 25.7 Å². The van der Waals surface area contributed by atoms with Crippen molar-refractivity contribution in [3.05, 3.63) is 0 Å². The number of ketones is 1. The predicted octanol–water partition coefficient (Wildman–Crippen LogP) is 8.18. The van der Waals surface area contributed by atoms with Gasteiger partial charge in [0.2, 0.25) is 11.8 Å². The summed E-state index contributed by atoms with van der Waals surface area (Å²) in [5.41, 5.74) is 0. The van der Waals surface area contributed by atoms with Gasteiger partial charge in [-0.1, -0.05) is 118 Å². The summed E-state index contributed by atoms with van der Waals surface area (Å²) in [6.07, 6.45) is 20.3. The highest BCUT2D eigenvalue weighted by Crippen LogP contribution is 2.19. The Hall–Kier alpha value is -2.45. The van der Waals surface area contributed by atoms with Gasteiger partial charge in [0.1, 0.15) is 12.3 Å². The topological polar surface area (TPSA) is 141 Å². The number of amides is 2. The summed E-state index contributed by atoms with van der Waals surface area (Å²) in [6.45, 7) is 12.5. The summed E-state index contributed by atoms with van der Waals surface area (Å²) in [4.78, 5) is 56.9. The fourth-order valence-electron chi connectivity index (χ4n) is 4.53. The molecule has 0 bridgehead atoms. The molecule has 0 saturated carbocycles. The van der Waals surface area contributed by atoms with E-state index in [1.54, 1.807) is 6.92 Å². The average molecular weight is 629 g/mol. The molecule has 1 saturated heterocycles. The van der Waals surface area contributed by atoms with Crippen LogP contribution in [0.5, 0.6) is 0 Å². The fourth-order valence-corrected chi connectivity index (χ4v) is 4.53. The SMILES string of the molecule is CC.CCC.CCC(C)=O.O=C(O)CCCCCCCCCCCCCCCCC(=O)N1CCC(C(=O)NCC(=O)O)CC1. The molecule has 0 aromatic heterocycles. The fraction of sp³-hybridized carbons (Fsp3) is 0.857. The molecule has 0 aromatic rings. The van der Waals surface area contributed by atoms with Crippen LogP contribution in [-0.2, 0) is 24.0 Å². The molecular weight excluding hydrogens is 560 g/mol. The second-order valence-electron chi connectivity index (χ2n) is 11.4. The van der Waals surface area contributed by atoms with Crippen molar-refractivity contribution in [2.24, 2.45) is 5.92 Å². The second kappa shape index (κ2) is 35.0. The van der Waals surface area contributed by atoms with E-state index in [0.717, 1.165) is 32.1 Å². The molecule has 0 atom stereocenters. The number of rotatable bonds is 21. The van der Waals surface area contributed by atoms with Crippen LogP contribution in [0.15, 0.2) is 0 Å². The van der Waals surface area contributed by atoms with Crippen LogP contribution < -0.4 is 5.32 Å². The molecule has 1 fully saturated rings. The van der Waals surface area contributed by atoms with Gasteiger partial charge in [-0.15, -0.1) is 0 Å².